The van der Waals surface area contributed by atoms with Crippen LogP contribution in [0.4, 0.5) is 0 Å². The van der Waals surface area contributed by atoms with Crippen LogP contribution in [0.1, 0.15) is 37.9 Å². The van der Waals surface area contributed by atoms with E-state index in [0.29, 0.717) is 31.4 Å². The number of fused-ring (bicyclic) bond motifs is 2. The molecule has 8 heteroatoms. The summed E-state index contributed by atoms with van der Waals surface area (Å²) in [6.45, 7) is 5.35. The number of carbonyl (C=O) groups is 1. The lowest BCUT2D eigenvalue weighted by Gasteiger charge is -2.25. The molecule has 0 aliphatic carbocycles. The highest BCUT2D eigenvalue weighted by Gasteiger charge is 2.33. The molecular formula is C29H25ClN2O4S. The smallest absolute Gasteiger partial charge is 0.338 e. The normalized spacial score (nSPS) is 15.6. The number of carbonyl (C=O) groups excluding carboxylic acids is 1. The van der Waals surface area contributed by atoms with E-state index in [1.54, 1.807) is 44.6 Å². The second kappa shape index (κ2) is 10.00. The number of thiazole rings is 1. The molecule has 1 aliphatic heterocycles. The minimum atomic E-state index is -0.698. The van der Waals surface area contributed by atoms with Crippen LogP contribution in [0.2, 0.25) is 5.02 Å². The maximum absolute atomic E-state index is 13.9. The third-order valence-corrected chi connectivity index (χ3v) is 7.43. The van der Waals surface area contributed by atoms with Crippen LogP contribution in [0.15, 0.2) is 81.7 Å². The molecule has 188 valence electrons. The number of methoxy groups -OCH3 is 1. The van der Waals surface area contributed by atoms with Gasteiger partial charge in [-0.15, -0.1) is 0 Å². The lowest BCUT2D eigenvalue weighted by Crippen LogP contribution is -2.40. The number of esters is 1. The Hall–Kier alpha value is -3.68. The van der Waals surface area contributed by atoms with E-state index in [0.717, 1.165) is 21.9 Å². The molecule has 5 rings (SSSR count). The first-order valence-corrected chi connectivity index (χ1v) is 13.0. The highest BCUT2D eigenvalue weighted by atomic mass is 35.5. The van der Waals surface area contributed by atoms with Crippen LogP contribution in [-0.4, -0.2) is 23.8 Å². The van der Waals surface area contributed by atoms with Crippen molar-refractivity contribution >= 4 is 45.8 Å². The molecule has 0 saturated heterocycles. The second-order valence-electron chi connectivity index (χ2n) is 8.99. The summed E-state index contributed by atoms with van der Waals surface area (Å²) in [6, 6.07) is 18.3. The van der Waals surface area contributed by atoms with Gasteiger partial charge in [0.2, 0.25) is 0 Å². The summed E-state index contributed by atoms with van der Waals surface area (Å²) >= 11 is 7.42. The number of halogens is 1. The van der Waals surface area contributed by atoms with Gasteiger partial charge >= 0.3 is 5.97 Å². The lowest BCUT2D eigenvalue weighted by molar-refractivity contribution is -0.143. The van der Waals surface area contributed by atoms with Crippen LogP contribution in [0, 0.1) is 0 Å². The molecule has 3 aromatic carbocycles. The van der Waals surface area contributed by atoms with Crippen LogP contribution in [-0.2, 0) is 9.53 Å². The van der Waals surface area contributed by atoms with Crippen LogP contribution < -0.4 is 19.6 Å². The summed E-state index contributed by atoms with van der Waals surface area (Å²) in [4.78, 5) is 32.3. The molecule has 1 aromatic heterocycles. The summed E-state index contributed by atoms with van der Waals surface area (Å²) in [5, 5.41) is 2.57. The molecule has 0 unspecified atom stereocenters. The van der Waals surface area contributed by atoms with Crippen molar-refractivity contribution in [1.82, 2.24) is 4.57 Å². The number of allylic oxidation sites excluding steroid dienone is 1. The summed E-state index contributed by atoms with van der Waals surface area (Å²) in [7, 11) is 1.61. The SMILES string of the molecule is COc1ccc2ccccc2c1C=c1sc2n(c1=O)[C@H](c1ccc(Cl)cc1)C(C(=O)OC(C)C)=C(C)N=2. The Morgan fingerprint density at radius 2 is 1.84 bits per heavy atom. The molecule has 0 bridgehead atoms. The van der Waals surface area contributed by atoms with Gasteiger partial charge in [0, 0.05) is 10.6 Å². The molecule has 0 radical (unpaired) electrons. The van der Waals surface area contributed by atoms with Gasteiger partial charge in [-0.2, -0.15) is 0 Å². The maximum atomic E-state index is 13.9. The number of hydrogen-bond donors (Lipinski definition) is 0. The van der Waals surface area contributed by atoms with Gasteiger partial charge in [-0.1, -0.05) is 65.4 Å². The highest BCUT2D eigenvalue weighted by Crippen LogP contribution is 2.32. The predicted molar refractivity (Wildman–Crippen MR) is 147 cm³/mol. The van der Waals surface area contributed by atoms with Crippen molar-refractivity contribution in [3.05, 3.63) is 108 Å². The highest BCUT2D eigenvalue weighted by molar-refractivity contribution is 7.07. The zero-order valence-electron chi connectivity index (χ0n) is 20.8. The van der Waals surface area contributed by atoms with Crippen LogP contribution >= 0.6 is 22.9 Å². The fourth-order valence-electron chi connectivity index (χ4n) is 4.55. The Bertz CT molecular complexity index is 1730. The third kappa shape index (κ3) is 4.61. The van der Waals surface area contributed by atoms with E-state index in [1.807, 2.05) is 54.6 Å². The van der Waals surface area contributed by atoms with E-state index >= 15 is 0 Å². The van der Waals surface area contributed by atoms with Gasteiger partial charge in [0.05, 0.1) is 35.1 Å². The second-order valence-corrected chi connectivity index (χ2v) is 10.4. The minimum Gasteiger partial charge on any atom is -0.496 e. The lowest BCUT2D eigenvalue weighted by atomic mass is 9.96. The number of hydrogen-bond acceptors (Lipinski definition) is 6. The monoisotopic (exact) mass is 532 g/mol. The first-order valence-electron chi connectivity index (χ1n) is 11.8. The molecule has 1 aliphatic rings. The first kappa shape index (κ1) is 25.0. The van der Waals surface area contributed by atoms with Gasteiger partial charge in [-0.25, -0.2) is 9.79 Å². The topological polar surface area (TPSA) is 69.9 Å². The molecule has 0 fully saturated rings. The average Bonchev–Trinajstić information content (AvgIpc) is 3.17. The molecule has 0 spiro atoms. The quantitative estimate of drug-likeness (QED) is 0.339. The Kier molecular flexibility index (Phi) is 6.75. The Balaban J connectivity index is 1.77. The number of rotatable bonds is 5. The molecular weight excluding hydrogens is 508 g/mol. The molecule has 0 amide bonds. The van der Waals surface area contributed by atoms with Crippen LogP contribution in [0.5, 0.6) is 5.75 Å². The van der Waals surface area contributed by atoms with Gasteiger partial charge in [-0.3, -0.25) is 9.36 Å². The Morgan fingerprint density at radius 1 is 1.11 bits per heavy atom. The molecule has 0 N–H and O–H groups in total. The summed E-state index contributed by atoms with van der Waals surface area (Å²) in [6.07, 6.45) is 1.53. The molecule has 6 nitrogen and oxygen atoms in total. The van der Waals surface area contributed by atoms with Gasteiger partial charge in [0.25, 0.3) is 5.56 Å². The average molecular weight is 533 g/mol. The van der Waals surface area contributed by atoms with Gasteiger partial charge < -0.3 is 9.47 Å². The maximum Gasteiger partial charge on any atom is 0.338 e. The molecule has 4 aromatic rings. The van der Waals surface area contributed by atoms with E-state index in [4.69, 9.17) is 21.1 Å². The standard InChI is InChI=1S/C29H25ClN2O4S/c1-16(2)36-28(34)25-17(3)31-29-32(26(25)19-9-12-20(30)13-10-19)27(33)24(37-29)15-22-21-8-6-5-7-18(21)11-14-23(22)35-4/h5-16,26H,1-4H3/t26-/m1/s1. The summed E-state index contributed by atoms with van der Waals surface area (Å²) < 4.78 is 13.2. The van der Waals surface area contributed by atoms with E-state index < -0.39 is 12.0 Å². The summed E-state index contributed by atoms with van der Waals surface area (Å²) in [5.74, 6) is 0.164. The van der Waals surface area contributed by atoms with Crippen molar-refractivity contribution in [2.24, 2.45) is 4.99 Å². The van der Waals surface area contributed by atoms with Crippen LogP contribution in [0.3, 0.4) is 0 Å². The summed E-state index contributed by atoms with van der Waals surface area (Å²) in [5.41, 5.74) is 2.15. The largest absolute Gasteiger partial charge is 0.496 e. The fourth-order valence-corrected chi connectivity index (χ4v) is 5.71. The third-order valence-electron chi connectivity index (χ3n) is 6.20. The first-order chi connectivity index (χ1) is 17.8. The van der Waals surface area contributed by atoms with Gasteiger partial charge in [0.1, 0.15) is 5.75 Å². The van der Waals surface area contributed by atoms with E-state index in [9.17, 15) is 9.59 Å². The molecule has 0 saturated carbocycles. The van der Waals surface area contributed by atoms with E-state index in [1.165, 1.54) is 11.3 Å². The van der Waals surface area contributed by atoms with Gasteiger partial charge in [-0.05, 0) is 61.4 Å². The van der Waals surface area contributed by atoms with Crippen molar-refractivity contribution in [3.8, 4) is 5.75 Å². The zero-order chi connectivity index (χ0) is 26.3. The number of aromatic nitrogens is 1. The van der Waals surface area contributed by atoms with Crippen molar-refractivity contribution in [2.75, 3.05) is 7.11 Å². The number of ether oxygens (including phenoxy) is 2. The van der Waals surface area contributed by atoms with Crippen molar-refractivity contribution in [3.63, 3.8) is 0 Å². The van der Waals surface area contributed by atoms with Crippen molar-refractivity contribution < 1.29 is 14.3 Å². The zero-order valence-corrected chi connectivity index (χ0v) is 22.4. The Morgan fingerprint density at radius 3 is 2.54 bits per heavy atom. The predicted octanol–water partition coefficient (Wildman–Crippen LogP) is 5.00. The van der Waals surface area contributed by atoms with Crippen LogP contribution in [0.25, 0.3) is 16.8 Å². The molecule has 2 heterocycles. The molecule has 1 atom stereocenters. The van der Waals surface area contributed by atoms with Crippen molar-refractivity contribution in [2.45, 2.75) is 32.9 Å². The fraction of sp³-hybridized carbons (Fsp3) is 0.207. The van der Waals surface area contributed by atoms with Gasteiger partial charge in [0.15, 0.2) is 4.80 Å². The number of benzene rings is 3. The van der Waals surface area contributed by atoms with E-state index in [2.05, 4.69) is 4.99 Å². The Labute approximate surface area is 222 Å². The minimum absolute atomic E-state index is 0.249. The number of nitrogens with zero attached hydrogens (tertiary/aromatic N) is 2. The molecule has 37 heavy (non-hydrogen) atoms. The van der Waals surface area contributed by atoms with E-state index in [-0.39, 0.29) is 11.7 Å². The van der Waals surface area contributed by atoms with Crippen molar-refractivity contribution in [1.29, 1.82) is 0 Å².